The van der Waals surface area contributed by atoms with Crippen LogP contribution in [-0.4, -0.2) is 33.2 Å². The van der Waals surface area contributed by atoms with Gasteiger partial charge in [-0.15, -0.1) is 0 Å². The zero-order valence-electron chi connectivity index (χ0n) is 14.8. The van der Waals surface area contributed by atoms with Crippen molar-refractivity contribution in [1.29, 1.82) is 0 Å². The fraction of sp³-hybridized carbons (Fsp3) is 0.611. The maximum Gasteiger partial charge on any atom is 0.232 e. The number of benzene rings is 1. The van der Waals surface area contributed by atoms with E-state index in [1.165, 1.54) is 10.6 Å². The Bertz CT molecular complexity index is 665. The van der Waals surface area contributed by atoms with E-state index in [1.54, 1.807) is 0 Å². The fourth-order valence-corrected chi connectivity index (χ4v) is 4.19. The lowest BCUT2D eigenvalue weighted by Crippen LogP contribution is -2.38. The van der Waals surface area contributed by atoms with Crippen molar-refractivity contribution in [3.8, 4) is 0 Å². The smallest absolute Gasteiger partial charge is 0.232 e. The van der Waals surface area contributed by atoms with Crippen LogP contribution in [0.15, 0.2) is 24.3 Å². The number of carbonyl (C=O) groups is 1. The molecule has 24 heavy (non-hydrogen) atoms. The van der Waals surface area contributed by atoms with E-state index in [0.29, 0.717) is 5.69 Å². The van der Waals surface area contributed by atoms with E-state index in [-0.39, 0.29) is 30.8 Å². The second-order valence-electron chi connectivity index (χ2n) is 6.85. The molecular weight excluding hydrogens is 324 g/mol. The van der Waals surface area contributed by atoms with Crippen molar-refractivity contribution in [1.82, 2.24) is 5.32 Å². The first kappa shape index (κ1) is 18.8. The third-order valence-electron chi connectivity index (χ3n) is 4.49. The van der Waals surface area contributed by atoms with Crippen LogP contribution in [0.3, 0.4) is 0 Å². The summed E-state index contributed by atoms with van der Waals surface area (Å²) >= 11 is 0. The molecule has 1 aliphatic rings. The van der Waals surface area contributed by atoms with Crippen LogP contribution in [0, 0.1) is 0 Å². The van der Waals surface area contributed by atoms with Crippen LogP contribution in [0.2, 0.25) is 0 Å². The lowest BCUT2D eigenvalue weighted by Gasteiger charge is -2.26. The molecule has 1 aliphatic carbocycles. The normalized spacial score (nSPS) is 15.7. The standard InChI is InChI=1S/C18H28N2O3S/c1-14(2)16-10-6-7-11-17(16)20(24(3,22)23)13-12-18(21)19-15-8-4-5-9-15/h6-7,10-11,14-15H,4-5,8-9,12-13H2,1-3H3,(H,19,21). The molecule has 134 valence electrons. The van der Waals surface area contributed by atoms with Gasteiger partial charge in [-0.05, 0) is 30.4 Å². The van der Waals surface area contributed by atoms with E-state index in [0.717, 1.165) is 31.2 Å². The molecule has 0 aromatic heterocycles. The molecule has 1 saturated carbocycles. The van der Waals surface area contributed by atoms with Crippen LogP contribution >= 0.6 is 0 Å². The molecule has 5 nitrogen and oxygen atoms in total. The van der Waals surface area contributed by atoms with Crippen LogP contribution < -0.4 is 9.62 Å². The number of rotatable bonds is 7. The molecule has 6 heteroatoms. The maximum absolute atomic E-state index is 12.3. The second-order valence-corrected chi connectivity index (χ2v) is 8.75. The average Bonchev–Trinajstić information content (AvgIpc) is 2.99. The van der Waals surface area contributed by atoms with Crippen LogP contribution in [0.1, 0.15) is 57.4 Å². The number of carbonyl (C=O) groups excluding carboxylic acids is 1. The van der Waals surface area contributed by atoms with Crippen molar-refractivity contribution in [2.75, 3.05) is 17.1 Å². The minimum atomic E-state index is -3.44. The highest BCUT2D eigenvalue weighted by molar-refractivity contribution is 7.92. The van der Waals surface area contributed by atoms with Crippen LogP contribution in [0.5, 0.6) is 0 Å². The zero-order valence-corrected chi connectivity index (χ0v) is 15.6. The lowest BCUT2D eigenvalue weighted by molar-refractivity contribution is -0.121. The Balaban J connectivity index is 2.11. The number of nitrogens with one attached hydrogen (secondary N) is 1. The first-order chi connectivity index (χ1) is 11.3. The van der Waals surface area contributed by atoms with Crippen molar-refractivity contribution < 1.29 is 13.2 Å². The van der Waals surface area contributed by atoms with Gasteiger partial charge in [0.25, 0.3) is 0 Å². The highest BCUT2D eigenvalue weighted by Gasteiger charge is 2.23. The molecule has 1 fully saturated rings. The molecular formula is C18H28N2O3S. The number of hydrogen-bond acceptors (Lipinski definition) is 3. The summed E-state index contributed by atoms with van der Waals surface area (Å²) in [5.41, 5.74) is 1.64. The summed E-state index contributed by atoms with van der Waals surface area (Å²) in [7, 11) is -3.44. The van der Waals surface area contributed by atoms with E-state index < -0.39 is 10.0 Å². The van der Waals surface area contributed by atoms with E-state index in [2.05, 4.69) is 5.32 Å². The van der Waals surface area contributed by atoms with Crippen molar-refractivity contribution >= 4 is 21.6 Å². The van der Waals surface area contributed by atoms with E-state index in [9.17, 15) is 13.2 Å². The van der Waals surface area contributed by atoms with Crippen molar-refractivity contribution in [3.63, 3.8) is 0 Å². The van der Waals surface area contributed by atoms with Gasteiger partial charge in [-0.2, -0.15) is 0 Å². The van der Waals surface area contributed by atoms with Crippen molar-refractivity contribution in [2.45, 2.75) is 57.9 Å². The Hall–Kier alpha value is -1.56. The molecule has 0 aliphatic heterocycles. The van der Waals surface area contributed by atoms with Gasteiger partial charge >= 0.3 is 0 Å². The minimum absolute atomic E-state index is 0.0717. The van der Waals surface area contributed by atoms with Crippen molar-refractivity contribution in [3.05, 3.63) is 29.8 Å². The maximum atomic E-state index is 12.3. The molecule has 1 aromatic rings. The predicted molar refractivity (Wildman–Crippen MR) is 97.7 cm³/mol. The quantitative estimate of drug-likeness (QED) is 0.820. The average molecular weight is 353 g/mol. The first-order valence-corrected chi connectivity index (χ1v) is 10.5. The lowest BCUT2D eigenvalue weighted by atomic mass is 10.0. The molecule has 1 N–H and O–H groups in total. The number of hydrogen-bond donors (Lipinski definition) is 1. The molecule has 0 bridgehead atoms. The highest BCUT2D eigenvalue weighted by atomic mass is 32.2. The van der Waals surface area contributed by atoms with Gasteiger partial charge in [-0.1, -0.05) is 44.9 Å². The number of amides is 1. The number of para-hydroxylation sites is 1. The van der Waals surface area contributed by atoms with E-state index in [1.807, 2.05) is 38.1 Å². The van der Waals surface area contributed by atoms with Gasteiger partial charge in [-0.25, -0.2) is 8.42 Å². The number of sulfonamides is 1. The van der Waals surface area contributed by atoms with Gasteiger partial charge in [-0.3, -0.25) is 9.10 Å². The monoisotopic (exact) mass is 352 g/mol. The molecule has 0 spiro atoms. The molecule has 0 saturated heterocycles. The van der Waals surface area contributed by atoms with Crippen LogP contribution in [0.4, 0.5) is 5.69 Å². The largest absolute Gasteiger partial charge is 0.353 e. The number of nitrogens with zero attached hydrogens (tertiary/aromatic N) is 1. The van der Waals surface area contributed by atoms with Gasteiger partial charge in [0, 0.05) is 19.0 Å². The summed E-state index contributed by atoms with van der Waals surface area (Å²) < 4.78 is 25.9. The first-order valence-electron chi connectivity index (χ1n) is 8.65. The van der Waals surface area contributed by atoms with Crippen LogP contribution in [0.25, 0.3) is 0 Å². The Morgan fingerprint density at radius 2 is 1.88 bits per heavy atom. The Morgan fingerprint density at radius 3 is 2.46 bits per heavy atom. The zero-order chi connectivity index (χ0) is 17.7. The van der Waals surface area contributed by atoms with Gasteiger partial charge in [0.1, 0.15) is 0 Å². The summed E-state index contributed by atoms with van der Waals surface area (Å²) in [6.07, 6.45) is 5.73. The summed E-state index contributed by atoms with van der Waals surface area (Å²) in [5, 5.41) is 3.01. The molecule has 0 radical (unpaired) electrons. The molecule has 0 atom stereocenters. The summed E-state index contributed by atoms with van der Waals surface area (Å²) in [6.45, 7) is 4.24. The topological polar surface area (TPSA) is 66.5 Å². The van der Waals surface area contributed by atoms with Gasteiger partial charge < -0.3 is 5.32 Å². The van der Waals surface area contributed by atoms with E-state index >= 15 is 0 Å². The summed E-state index contributed by atoms with van der Waals surface area (Å²) in [5.74, 6) is 0.135. The van der Waals surface area contributed by atoms with E-state index in [4.69, 9.17) is 0 Å². The SMILES string of the molecule is CC(C)c1ccccc1N(CCC(=O)NC1CCCC1)S(C)(=O)=O. The molecule has 1 amide bonds. The van der Waals surface area contributed by atoms with Gasteiger partial charge in [0.15, 0.2) is 0 Å². The molecule has 2 rings (SSSR count). The van der Waals surface area contributed by atoms with Gasteiger partial charge in [0.2, 0.25) is 15.9 Å². The molecule has 0 heterocycles. The Labute approximate surface area is 145 Å². The fourth-order valence-electron chi connectivity index (χ4n) is 3.24. The third kappa shape index (κ3) is 4.97. The molecule has 1 aromatic carbocycles. The predicted octanol–water partition coefficient (Wildman–Crippen LogP) is 3.02. The van der Waals surface area contributed by atoms with Crippen molar-refractivity contribution in [2.24, 2.45) is 0 Å². The Morgan fingerprint density at radius 1 is 1.25 bits per heavy atom. The molecule has 0 unspecified atom stereocenters. The van der Waals surface area contributed by atoms with Crippen LogP contribution in [-0.2, 0) is 14.8 Å². The third-order valence-corrected chi connectivity index (χ3v) is 5.67. The Kier molecular flexibility index (Phi) is 6.27. The van der Waals surface area contributed by atoms with Gasteiger partial charge in [0.05, 0.1) is 11.9 Å². The summed E-state index contributed by atoms with van der Waals surface area (Å²) in [6, 6.07) is 7.75. The highest BCUT2D eigenvalue weighted by Crippen LogP contribution is 2.29. The summed E-state index contributed by atoms with van der Waals surface area (Å²) in [4.78, 5) is 12.1. The number of anilines is 1. The minimum Gasteiger partial charge on any atom is -0.353 e. The second kappa shape index (κ2) is 8.01.